The summed E-state index contributed by atoms with van der Waals surface area (Å²) < 4.78 is 5.12. The molecule has 2 nitrogen and oxygen atoms in total. The molecule has 0 saturated heterocycles. The Morgan fingerprint density at radius 1 is 1.29 bits per heavy atom. The Kier molecular flexibility index (Phi) is 4.94. The van der Waals surface area contributed by atoms with Gasteiger partial charge in [0.15, 0.2) is 0 Å². The molecule has 0 N–H and O–H groups in total. The van der Waals surface area contributed by atoms with Crippen LogP contribution >= 0.6 is 0 Å². The number of hydrogen-bond donors (Lipinski definition) is 0. The summed E-state index contributed by atoms with van der Waals surface area (Å²) in [5.74, 6) is -0.0416. The number of rotatable bonds is 5. The van der Waals surface area contributed by atoms with Crippen LogP contribution in [0.1, 0.15) is 19.4 Å². The zero-order valence-corrected chi connectivity index (χ0v) is 12.2. The summed E-state index contributed by atoms with van der Waals surface area (Å²) in [4.78, 5) is 11.8. The van der Waals surface area contributed by atoms with E-state index in [1.54, 1.807) is 0 Å². The van der Waals surface area contributed by atoms with Crippen molar-refractivity contribution in [2.45, 2.75) is 38.5 Å². The summed E-state index contributed by atoms with van der Waals surface area (Å²) in [5, 5.41) is 0. The Morgan fingerprint density at radius 2 is 1.88 bits per heavy atom. The highest BCUT2D eigenvalue weighted by Gasteiger charge is 2.34. The van der Waals surface area contributed by atoms with Gasteiger partial charge in [0.25, 0.3) is 0 Å². The Labute approximate surface area is 105 Å². The molecule has 1 unspecified atom stereocenters. The number of esters is 1. The van der Waals surface area contributed by atoms with Gasteiger partial charge in [-0.25, -0.2) is 0 Å². The Hall–Kier alpha value is -1.09. The molecule has 1 rings (SSSR count). The standard InChI is InChI=1S/C14H22O2Si/c1-5-16-14(15)12(2)17(3,4)11-13-9-7-6-8-10-13/h6-10,12H,5,11H2,1-4H3. The molecule has 0 bridgehead atoms. The van der Waals surface area contributed by atoms with E-state index >= 15 is 0 Å². The zero-order chi connectivity index (χ0) is 12.9. The van der Waals surface area contributed by atoms with Gasteiger partial charge in [-0.1, -0.05) is 55.9 Å². The summed E-state index contributed by atoms with van der Waals surface area (Å²) in [6.07, 6.45) is 0. The zero-order valence-electron chi connectivity index (χ0n) is 11.2. The minimum atomic E-state index is -1.62. The lowest BCUT2D eigenvalue weighted by atomic mass is 10.2. The Bertz CT molecular complexity index is 360. The average molecular weight is 250 g/mol. The van der Waals surface area contributed by atoms with Gasteiger partial charge in [-0.15, -0.1) is 0 Å². The maximum Gasteiger partial charge on any atom is 0.305 e. The summed E-state index contributed by atoms with van der Waals surface area (Å²) in [6, 6.07) is 11.4. The third-order valence-electron chi connectivity index (χ3n) is 3.31. The van der Waals surface area contributed by atoms with Crippen LogP contribution in [0.4, 0.5) is 0 Å². The molecule has 0 saturated carbocycles. The summed E-state index contributed by atoms with van der Waals surface area (Å²) in [6.45, 7) is 8.84. The van der Waals surface area contributed by atoms with Crippen LogP contribution < -0.4 is 0 Å². The molecule has 0 aromatic heterocycles. The molecular weight excluding hydrogens is 228 g/mol. The van der Waals surface area contributed by atoms with E-state index in [0.717, 1.165) is 6.04 Å². The van der Waals surface area contributed by atoms with E-state index in [4.69, 9.17) is 4.74 Å². The van der Waals surface area contributed by atoms with Gasteiger partial charge in [-0.05, 0) is 13.0 Å². The lowest BCUT2D eigenvalue weighted by Crippen LogP contribution is -2.39. The van der Waals surface area contributed by atoms with Gasteiger partial charge in [0.2, 0.25) is 0 Å². The SMILES string of the molecule is CCOC(=O)C(C)[Si](C)(C)Cc1ccccc1. The quantitative estimate of drug-likeness (QED) is 0.591. The van der Waals surface area contributed by atoms with Crippen LogP contribution in [0.2, 0.25) is 18.6 Å². The van der Waals surface area contributed by atoms with Crippen molar-refractivity contribution in [1.29, 1.82) is 0 Å². The maximum atomic E-state index is 11.8. The van der Waals surface area contributed by atoms with Gasteiger partial charge >= 0.3 is 5.97 Å². The molecule has 1 aromatic rings. The van der Waals surface area contributed by atoms with Crippen LogP contribution in [0.25, 0.3) is 0 Å². The first kappa shape index (κ1) is 14.0. The third-order valence-corrected chi connectivity index (χ3v) is 7.21. The predicted molar refractivity (Wildman–Crippen MR) is 73.7 cm³/mol. The minimum absolute atomic E-state index is 0.0416. The van der Waals surface area contributed by atoms with Gasteiger partial charge in [-0.3, -0.25) is 4.79 Å². The average Bonchev–Trinajstić information content (AvgIpc) is 2.29. The second-order valence-corrected chi connectivity index (χ2v) is 10.3. The lowest BCUT2D eigenvalue weighted by molar-refractivity contribution is -0.142. The number of carbonyl (C=O) groups is 1. The fraction of sp³-hybridized carbons (Fsp3) is 0.500. The molecule has 94 valence electrons. The van der Waals surface area contributed by atoms with Crippen molar-refractivity contribution in [3.8, 4) is 0 Å². The largest absolute Gasteiger partial charge is 0.466 e. The molecule has 0 heterocycles. The van der Waals surface area contributed by atoms with Crippen molar-refractivity contribution in [3.63, 3.8) is 0 Å². The highest BCUT2D eigenvalue weighted by molar-refractivity contribution is 6.80. The van der Waals surface area contributed by atoms with Crippen molar-refractivity contribution >= 4 is 14.0 Å². The van der Waals surface area contributed by atoms with Crippen molar-refractivity contribution in [1.82, 2.24) is 0 Å². The number of benzene rings is 1. The van der Waals surface area contributed by atoms with Gasteiger partial charge in [0, 0.05) is 5.54 Å². The second kappa shape index (κ2) is 6.01. The molecule has 0 aliphatic rings. The van der Waals surface area contributed by atoms with Crippen molar-refractivity contribution in [2.75, 3.05) is 6.61 Å². The number of carbonyl (C=O) groups excluding carboxylic acids is 1. The molecule has 1 atom stereocenters. The molecule has 17 heavy (non-hydrogen) atoms. The first-order chi connectivity index (χ1) is 7.97. The van der Waals surface area contributed by atoms with Crippen LogP contribution in [-0.4, -0.2) is 20.7 Å². The van der Waals surface area contributed by atoms with E-state index in [1.807, 2.05) is 19.9 Å². The van der Waals surface area contributed by atoms with E-state index in [-0.39, 0.29) is 11.5 Å². The first-order valence-corrected chi connectivity index (χ1v) is 9.46. The summed E-state index contributed by atoms with van der Waals surface area (Å²) in [7, 11) is -1.62. The van der Waals surface area contributed by atoms with Crippen LogP contribution in [0.3, 0.4) is 0 Å². The van der Waals surface area contributed by atoms with Crippen LogP contribution in [0.15, 0.2) is 30.3 Å². The summed E-state index contributed by atoms with van der Waals surface area (Å²) >= 11 is 0. The monoisotopic (exact) mass is 250 g/mol. The Balaban J connectivity index is 2.71. The lowest BCUT2D eigenvalue weighted by Gasteiger charge is -2.28. The second-order valence-electron chi connectivity index (χ2n) is 5.12. The molecule has 0 radical (unpaired) electrons. The molecule has 0 fully saturated rings. The fourth-order valence-corrected chi connectivity index (χ4v) is 4.18. The number of ether oxygens (including phenoxy) is 1. The Morgan fingerprint density at radius 3 is 2.41 bits per heavy atom. The summed E-state index contributed by atoms with van der Waals surface area (Å²) in [5.41, 5.74) is 1.36. The van der Waals surface area contributed by atoms with Crippen molar-refractivity contribution < 1.29 is 9.53 Å². The first-order valence-electron chi connectivity index (χ1n) is 6.18. The maximum absolute atomic E-state index is 11.8. The van der Waals surface area contributed by atoms with E-state index in [0.29, 0.717) is 6.61 Å². The smallest absolute Gasteiger partial charge is 0.305 e. The van der Waals surface area contributed by atoms with E-state index in [1.165, 1.54) is 5.56 Å². The predicted octanol–water partition coefficient (Wildman–Crippen LogP) is 3.43. The molecule has 1 aromatic carbocycles. The molecule has 0 aliphatic carbocycles. The van der Waals surface area contributed by atoms with E-state index in [2.05, 4.69) is 37.4 Å². The van der Waals surface area contributed by atoms with Crippen molar-refractivity contribution in [2.24, 2.45) is 0 Å². The number of hydrogen-bond acceptors (Lipinski definition) is 2. The van der Waals surface area contributed by atoms with E-state index < -0.39 is 8.07 Å². The van der Waals surface area contributed by atoms with Gasteiger partial charge in [-0.2, -0.15) is 0 Å². The minimum Gasteiger partial charge on any atom is -0.466 e. The van der Waals surface area contributed by atoms with Gasteiger partial charge in [0.1, 0.15) is 0 Å². The van der Waals surface area contributed by atoms with E-state index in [9.17, 15) is 4.79 Å². The highest BCUT2D eigenvalue weighted by atomic mass is 28.3. The van der Waals surface area contributed by atoms with Crippen molar-refractivity contribution in [3.05, 3.63) is 35.9 Å². The molecule has 0 aliphatic heterocycles. The van der Waals surface area contributed by atoms with Crippen LogP contribution in [0.5, 0.6) is 0 Å². The van der Waals surface area contributed by atoms with Gasteiger partial charge in [0.05, 0.1) is 14.7 Å². The van der Waals surface area contributed by atoms with Crippen LogP contribution in [-0.2, 0) is 15.6 Å². The highest BCUT2D eigenvalue weighted by Crippen LogP contribution is 2.26. The third kappa shape index (κ3) is 4.00. The fourth-order valence-electron chi connectivity index (χ4n) is 1.86. The molecule has 0 spiro atoms. The van der Waals surface area contributed by atoms with Crippen LogP contribution in [0, 0.1) is 0 Å². The molecule has 0 amide bonds. The normalized spacial score (nSPS) is 13.2. The molecular formula is C14H22O2Si. The topological polar surface area (TPSA) is 26.3 Å². The van der Waals surface area contributed by atoms with Gasteiger partial charge < -0.3 is 4.74 Å². The molecule has 3 heteroatoms.